The molecule has 0 radical (unpaired) electrons. The van der Waals surface area contributed by atoms with E-state index in [4.69, 9.17) is 4.42 Å². The highest BCUT2D eigenvalue weighted by atomic mass is 16.3. The van der Waals surface area contributed by atoms with Crippen molar-refractivity contribution in [1.82, 2.24) is 19.3 Å². The Morgan fingerprint density at radius 1 is 1.07 bits per heavy atom. The van der Waals surface area contributed by atoms with E-state index in [1.807, 2.05) is 41.1 Å². The molecule has 3 aromatic heterocycles. The van der Waals surface area contributed by atoms with E-state index in [0.29, 0.717) is 31.9 Å². The number of benzene rings is 1. The number of carbonyl (C=O) groups is 1. The fourth-order valence-electron chi connectivity index (χ4n) is 3.91. The molecule has 1 N–H and O–H groups in total. The second-order valence-corrected chi connectivity index (χ2v) is 7.16. The Morgan fingerprint density at radius 3 is 2.67 bits per heavy atom. The molecule has 152 valence electrons. The molecule has 8 heteroatoms. The minimum absolute atomic E-state index is 0.0347. The van der Waals surface area contributed by atoms with Gasteiger partial charge < -0.3 is 19.3 Å². The number of aliphatic hydroxyl groups is 1. The summed E-state index contributed by atoms with van der Waals surface area (Å²) in [6, 6.07) is 11.2. The van der Waals surface area contributed by atoms with E-state index in [9.17, 15) is 9.90 Å². The van der Waals surface area contributed by atoms with Gasteiger partial charge in [0.05, 0.1) is 24.8 Å². The Hall–Kier alpha value is -3.65. The number of anilines is 1. The minimum Gasteiger partial charge on any atom is -0.459 e. The molecule has 0 spiro atoms. The Labute approximate surface area is 173 Å². The summed E-state index contributed by atoms with van der Waals surface area (Å²) in [5.74, 6) is 1.06. The summed E-state index contributed by atoms with van der Waals surface area (Å²) in [7, 11) is 0. The average molecular weight is 403 g/mol. The molecule has 1 aliphatic heterocycles. The Bertz CT molecular complexity index is 1180. The summed E-state index contributed by atoms with van der Waals surface area (Å²) in [6.07, 6.45) is 6.96. The van der Waals surface area contributed by atoms with Crippen molar-refractivity contribution in [1.29, 1.82) is 0 Å². The van der Waals surface area contributed by atoms with Gasteiger partial charge in [0.15, 0.2) is 17.2 Å². The lowest BCUT2D eigenvalue weighted by Crippen LogP contribution is -2.49. The first-order valence-electron chi connectivity index (χ1n) is 9.85. The maximum Gasteiger partial charge on any atom is 0.289 e. The molecule has 0 atom stereocenters. The first-order chi connectivity index (χ1) is 14.8. The van der Waals surface area contributed by atoms with Crippen LogP contribution in [0.3, 0.4) is 0 Å². The smallest absolute Gasteiger partial charge is 0.289 e. The molecule has 1 aliphatic rings. The molecule has 1 saturated heterocycles. The van der Waals surface area contributed by atoms with Crippen molar-refractivity contribution in [2.45, 2.75) is 6.61 Å². The van der Waals surface area contributed by atoms with Crippen LogP contribution in [0.4, 0.5) is 5.82 Å². The number of carbonyl (C=O) groups excluding carboxylic acids is 1. The largest absolute Gasteiger partial charge is 0.459 e. The van der Waals surface area contributed by atoms with Crippen molar-refractivity contribution in [3.05, 3.63) is 72.6 Å². The maximum atomic E-state index is 12.5. The number of piperazine rings is 1. The lowest BCUT2D eigenvalue weighted by Gasteiger charge is -2.35. The van der Waals surface area contributed by atoms with Gasteiger partial charge in [-0.05, 0) is 17.7 Å². The first-order valence-corrected chi connectivity index (χ1v) is 9.85. The molecule has 1 fully saturated rings. The van der Waals surface area contributed by atoms with Crippen LogP contribution in [0, 0.1) is 0 Å². The van der Waals surface area contributed by atoms with Crippen molar-refractivity contribution in [2.75, 3.05) is 31.1 Å². The van der Waals surface area contributed by atoms with E-state index < -0.39 is 0 Å². The van der Waals surface area contributed by atoms with Crippen LogP contribution in [-0.4, -0.2) is 56.5 Å². The maximum absolute atomic E-state index is 12.5. The number of aliphatic hydroxyl groups excluding tert-OH is 1. The van der Waals surface area contributed by atoms with Gasteiger partial charge in [0.1, 0.15) is 0 Å². The quantitative estimate of drug-likeness (QED) is 0.563. The summed E-state index contributed by atoms with van der Waals surface area (Å²) in [5.41, 5.74) is 3.46. The van der Waals surface area contributed by atoms with E-state index >= 15 is 0 Å². The number of nitrogens with zero attached hydrogens (tertiary/aromatic N) is 5. The monoisotopic (exact) mass is 403 g/mol. The molecule has 1 amide bonds. The molecule has 30 heavy (non-hydrogen) atoms. The minimum atomic E-state index is -0.0884. The molecule has 0 aliphatic carbocycles. The van der Waals surface area contributed by atoms with E-state index in [0.717, 1.165) is 28.3 Å². The van der Waals surface area contributed by atoms with Gasteiger partial charge in [-0.25, -0.2) is 9.97 Å². The summed E-state index contributed by atoms with van der Waals surface area (Å²) in [6.45, 7) is 2.46. The summed E-state index contributed by atoms with van der Waals surface area (Å²) >= 11 is 0. The summed E-state index contributed by atoms with van der Waals surface area (Å²) < 4.78 is 7.23. The third kappa shape index (κ3) is 3.11. The SMILES string of the molecule is O=C(c1ccco1)N1CCN(c2nccn3c(-c4ccccc4CO)cnc23)CC1. The van der Waals surface area contributed by atoms with Gasteiger partial charge in [0.25, 0.3) is 5.91 Å². The van der Waals surface area contributed by atoms with Gasteiger partial charge in [-0.1, -0.05) is 24.3 Å². The summed E-state index contributed by atoms with van der Waals surface area (Å²) in [4.78, 5) is 25.6. The van der Waals surface area contributed by atoms with Crippen LogP contribution in [-0.2, 0) is 6.61 Å². The second kappa shape index (κ2) is 7.64. The predicted octanol–water partition coefficient (Wildman–Crippen LogP) is 2.44. The van der Waals surface area contributed by atoms with Crippen LogP contribution >= 0.6 is 0 Å². The molecule has 8 nitrogen and oxygen atoms in total. The fourth-order valence-corrected chi connectivity index (χ4v) is 3.91. The molecular formula is C22H21N5O3. The fraction of sp³-hybridized carbons (Fsp3) is 0.227. The highest BCUT2D eigenvalue weighted by molar-refractivity contribution is 5.91. The highest BCUT2D eigenvalue weighted by Gasteiger charge is 2.26. The number of rotatable bonds is 4. The molecule has 4 aromatic rings. The Balaban J connectivity index is 1.41. The van der Waals surface area contributed by atoms with Crippen LogP contribution in [0.2, 0.25) is 0 Å². The van der Waals surface area contributed by atoms with E-state index in [1.165, 1.54) is 6.26 Å². The van der Waals surface area contributed by atoms with Crippen molar-refractivity contribution in [2.24, 2.45) is 0 Å². The van der Waals surface area contributed by atoms with Crippen molar-refractivity contribution < 1.29 is 14.3 Å². The number of furan rings is 1. The normalized spacial score (nSPS) is 14.4. The van der Waals surface area contributed by atoms with Crippen molar-refractivity contribution in [3.8, 4) is 11.3 Å². The van der Waals surface area contributed by atoms with Crippen molar-refractivity contribution in [3.63, 3.8) is 0 Å². The van der Waals surface area contributed by atoms with Crippen LogP contribution in [0.15, 0.2) is 65.7 Å². The standard InChI is InChI=1S/C22H21N5O3/c28-15-16-4-1-2-5-17(16)18-14-24-21-20(23-7-8-27(18)21)25-9-11-26(12-10-25)22(29)19-6-3-13-30-19/h1-8,13-14,28H,9-12,15H2. The Kier molecular flexibility index (Phi) is 4.68. The molecule has 0 unspecified atom stereocenters. The van der Waals surface area contributed by atoms with Crippen LogP contribution in [0.1, 0.15) is 16.1 Å². The number of imidazole rings is 1. The zero-order valence-corrected chi connectivity index (χ0v) is 16.3. The number of amides is 1. The van der Waals surface area contributed by atoms with Gasteiger partial charge in [0.2, 0.25) is 0 Å². The Morgan fingerprint density at radius 2 is 1.90 bits per heavy atom. The third-order valence-corrected chi connectivity index (χ3v) is 5.47. The summed E-state index contributed by atoms with van der Waals surface area (Å²) in [5, 5.41) is 9.70. The van der Waals surface area contributed by atoms with Crippen LogP contribution in [0.25, 0.3) is 16.9 Å². The van der Waals surface area contributed by atoms with E-state index in [1.54, 1.807) is 23.2 Å². The van der Waals surface area contributed by atoms with Gasteiger partial charge in [-0.2, -0.15) is 0 Å². The van der Waals surface area contributed by atoms with Gasteiger partial charge in [0, 0.05) is 44.1 Å². The number of hydrogen-bond acceptors (Lipinski definition) is 6. The van der Waals surface area contributed by atoms with Gasteiger partial charge in [-0.3, -0.25) is 9.20 Å². The highest BCUT2D eigenvalue weighted by Crippen LogP contribution is 2.28. The third-order valence-electron chi connectivity index (χ3n) is 5.47. The molecule has 1 aromatic carbocycles. The molecular weight excluding hydrogens is 382 g/mol. The second-order valence-electron chi connectivity index (χ2n) is 7.16. The zero-order chi connectivity index (χ0) is 20.5. The number of fused-ring (bicyclic) bond motifs is 1. The van der Waals surface area contributed by atoms with Crippen LogP contribution in [0.5, 0.6) is 0 Å². The average Bonchev–Trinajstić information content (AvgIpc) is 3.49. The van der Waals surface area contributed by atoms with Gasteiger partial charge in [-0.15, -0.1) is 0 Å². The molecule has 4 heterocycles. The molecule has 0 bridgehead atoms. The van der Waals surface area contributed by atoms with Crippen molar-refractivity contribution >= 4 is 17.4 Å². The zero-order valence-electron chi connectivity index (χ0n) is 16.3. The lowest BCUT2D eigenvalue weighted by atomic mass is 10.1. The topological polar surface area (TPSA) is 87.1 Å². The molecule has 0 saturated carbocycles. The van der Waals surface area contributed by atoms with Gasteiger partial charge >= 0.3 is 0 Å². The molecule has 5 rings (SSSR count). The van der Waals surface area contributed by atoms with E-state index in [-0.39, 0.29) is 12.5 Å². The lowest BCUT2D eigenvalue weighted by molar-refractivity contribution is 0.0714. The first kappa shape index (κ1) is 18.4. The number of aromatic nitrogens is 3. The van der Waals surface area contributed by atoms with Crippen LogP contribution < -0.4 is 4.90 Å². The van der Waals surface area contributed by atoms with E-state index in [2.05, 4.69) is 14.9 Å². The predicted molar refractivity (Wildman–Crippen MR) is 111 cm³/mol. The number of hydrogen-bond donors (Lipinski definition) is 1.